The highest BCUT2D eigenvalue weighted by Gasteiger charge is 2.12. The molecule has 0 aliphatic rings. The number of halogens is 2. The highest BCUT2D eigenvalue weighted by Crippen LogP contribution is 2.27. The summed E-state index contributed by atoms with van der Waals surface area (Å²) in [6, 6.07) is 11.6. The van der Waals surface area contributed by atoms with Crippen LogP contribution in [0.25, 0.3) is 11.3 Å². The largest absolute Gasteiger partial charge is 0.337 e. The molecule has 0 radical (unpaired) electrons. The van der Waals surface area contributed by atoms with Gasteiger partial charge in [0.1, 0.15) is 11.6 Å². The number of para-hydroxylation sites is 1. The summed E-state index contributed by atoms with van der Waals surface area (Å²) < 4.78 is 27.1. The normalized spacial score (nSPS) is 10.4. The number of rotatable bonds is 6. The maximum atomic E-state index is 13.8. The molecule has 28 heavy (non-hydrogen) atoms. The summed E-state index contributed by atoms with van der Waals surface area (Å²) in [6.45, 7) is 0.126. The fourth-order valence-electron chi connectivity index (χ4n) is 2.32. The smallest absolute Gasteiger partial charge is 0.319 e. The van der Waals surface area contributed by atoms with Gasteiger partial charge in [-0.2, -0.15) is 0 Å². The molecule has 0 spiro atoms. The zero-order chi connectivity index (χ0) is 19.9. The van der Waals surface area contributed by atoms with Crippen molar-refractivity contribution in [3.63, 3.8) is 0 Å². The standard InChI is InChI=1S/C19H16F2N4O2S/c20-12-6-7-15(21)14(10-12)16-11-28-19(24-16)25-17(26)8-9-22-18(27)23-13-4-2-1-3-5-13/h1-7,10-11H,8-9H2,(H2,22,23,27)(H,24,25,26). The maximum Gasteiger partial charge on any atom is 0.319 e. The molecular weight excluding hydrogens is 386 g/mol. The first-order chi connectivity index (χ1) is 13.5. The molecule has 0 unspecified atom stereocenters. The molecule has 1 heterocycles. The second-order valence-electron chi connectivity index (χ2n) is 5.71. The topological polar surface area (TPSA) is 83.1 Å². The minimum atomic E-state index is -0.599. The minimum Gasteiger partial charge on any atom is -0.337 e. The average molecular weight is 402 g/mol. The van der Waals surface area contributed by atoms with Gasteiger partial charge < -0.3 is 16.0 Å². The number of carbonyl (C=O) groups excluding carboxylic acids is 2. The molecule has 3 rings (SSSR count). The molecule has 3 aromatic rings. The molecule has 0 saturated carbocycles. The lowest BCUT2D eigenvalue weighted by molar-refractivity contribution is -0.116. The Labute approximate surface area is 163 Å². The number of nitrogens with one attached hydrogen (secondary N) is 3. The van der Waals surface area contributed by atoms with Crippen molar-refractivity contribution in [1.82, 2.24) is 10.3 Å². The van der Waals surface area contributed by atoms with Crippen molar-refractivity contribution in [2.24, 2.45) is 0 Å². The van der Waals surface area contributed by atoms with Gasteiger partial charge >= 0.3 is 6.03 Å². The molecule has 9 heteroatoms. The summed E-state index contributed by atoms with van der Waals surface area (Å²) >= 11 is 1.10. The van der Waals surface area contributed by atoms with Crippen molar-refractivity contribution in [2.45, 2.75) is 6.42 Å². The van der Waals surface area contributed by atoms with Crippen LogP contribution in [0.4, 0.5) is 24.4 Å². The van der Waals surface area contributed by atoms with Crippen molar-refractivity contribution in [2.75, 3.05) is 17.2 Å². The van der Waals surface area contributed by atoms with Gasteiger partial charge in [-0.15, -0.1) is 11.3 Å². The third-order valence-corrected chi connectivity index (χ3v) is 4.38. The van der Waals surface area contributed by atoms with Gasteiger partial charge in [-0.3, -0.25) is 4.79 Å². The van der Waals surface area contributed by atoms with Gasteiger partial charge in [0, 0.05) is 29.6 Å². The van der Waals surface area contributed by atoms with E-state index in [2.05, 4.69) is 20.9 Å². The van der Waals surface area contributed by atoms with E-state index in [0.717, 1.165) is 29.5 Å². The second-order valence-corrected chi connectivity index (χ2v) is 6.57. The Balaban J connectivity index is 1.47. The van der Waals surface area contributed by atoms with Gasteiger partial charge in [0.05, 0.1) is 5.69 Å². The Morgan fingerprint density at radius 2 is 1.82 bits per heavy atom. The Bertz CT molecular complexity index is 979. The molecule has 0 fully saturated rings. The van der Waals surface area contributed by atoms with Crippen molar-refractivity contribution in [3.8, 4) is 11.3 Å². The SMILES string of the molecule is O=C(CCNC(=O)Nc1ccccc1)Nc1nc(-c2cc(F)ccc2F)cs1. The lowest BCUT2D eigenvalue weighted by atomic mass is 10.1. The number of nitrogens with zero attached hydrogens (tertiary/aromatic N) is 1. The van der Waals surface area contributed by atoms with Crippen molar-refractivity contribution >= 4 is 34.1 Å². The maximum absolute atomic E-state index is 13.8. The number of anilines is 2. The van der Waals surface area contributed by atoms with E-state index in [-0.39, 0.29) is 35.3 Å². The van der Waals surface area contributed by atoms with Crippen LogP contribution in [0.2, 0.25) is 0 Å². The fourth-order valence-corrected chi connectivity index (χ4v) is 3.04. The fraction of sp³-hybridized carbons (Fsp3) is 0.105. The van der Waals surface area contributed by atoms with Crippen LogP contribution in [0.5, 0.6) is 0 Å². The predicted molar refractivity (Wildman–Crippen MR) is 104 cm³/mol. The highest BCUT2D eigenvalue weighted by atomic mass is 32.1. The van der Waals surface area contributed by atoms with Gasteiger partial charge in [-0.05, 0) is 30.3 Å². The molecular formula is C19H16F2N4O2S. The molecule has 3 amide bonds. The lowest BCUT2D eigenvalue weighted by Crippen LogP contribution is -2.31. The molecule has 0 aliphatic heterocycles. The van der Waals surface area contributed by atoms with Crippen LogP contribution in [0.1, 0.15) is 6.42 Å². The van der Waals surface area contributed by atoms with Gasteiger partial charge in [0.2, 0.25) is 5.91 Å². The average Bonchev–Trinajstić information content (AvgIpc) is 3.12. The van der Waals surface area contributed by atoms with Gasteiger partial charge in [-0.25, -0.2) is 18.6 Å². The molecule has 6 nitrogen and oxygen atoms in total. The summed E-state index contributed by atoms with van der Waals surface area (Å²) in [5, 5.41) is 9.57. The van der Waals surface area contributed by atoms with E-state index >= 15 is 0 Å². The number of thiazole rings is 1. The first kappa shape index (κ1) is 19.4. The minimum absolute atomic E-state index is 0.0241. The first-order valence-corrected chi connectivity index (χ1v) is 9.20. The summed E-state index contributed by atoms with van der Waals surface area (Å²) in [4.78, 5) is 27.8. The van der Waals surface area contributed by atoms with E-state index in [1.807, 2.05) is 6.07 Å². The third-order valence-electron chi connectivity index (χ3n) is 3.62. The zero-order valence-electron chi connectivity index (χ0n) is 14.5. The third kappa shape index (κ3) is 5.34. The number of aromatic nitrogens is 1. The zero-order valence-corrected chi connectivity index (χ0v) is 15.4. The van der Waals surface area contributed by atoms with Gasteiger partial charge in [0.25, 0.3) is 0 Å². The quantitative estimate of drug-likeness (QED) is 0.577. The Morgan fingerprint density at radius 3 is 2.61 bits per heavy atom. The first-order valence-electron chi connectivity index (χ1n) is 8.32. The number of amides is 3. The molecule has 0 atom stereocenters. The van der Waals surface area contributed by atoms with Crippen LogP contribution in [0, 0.1) is 11.6 Å². The van der Waals surface area contributed by atoms with Crippen molar-refractivity contribution in [1.29, 1.82) is 0 Å². The predicted octanol–water partition coefficient (Wildman–Crippen LogP) is 4.24. The number of benzene rings is 2. The van der Waals surface area contributed by atoms with E-state index < -0.39 is 17.7 Å². The number of urea groups is 1. The summed E-state index contributed by atoms with van der Waals surface area (Å²) in [7, 11) is 0. The second kappa shape index (κ2) is 9.05. The van der Waals surface area contributed by atoms with Gasteiger partial charge in [0.15, 0.2) is 5.13 Å². The van der Waals surface area contributed by atoms with E-state index in [9.17, 15) is 18.4 Å². The Kier molecular flexibility index (Phi) is 6.28. The summed E-state index contributed by atoms with van der Waals surface area (Å²) in [6.07, 6.45) is 0.0332. The summed E-state index contributed by atoms with van der Waals surface area (Å²) in [5.74, 6) is -1.53. The molecule has 1 aromatic heterocycles. The monoisotopic (exact) mass is 402 g/mol. The molecule has 0 bridgehead atoms. The lowest BCUT2D eigenvalue weighted by Gasteiger charge is -2.07. The molecule has 2 aromatic carbocycles. The van der Waals surface area contributed by atoms with Crippen LogP contribution < -0.4 is 16.0 Å². The Hall–Kier alpha value is -3.33. The molecule has 0 aliphatic carbocycles. The van der Waals surface area contributed by atoms with E-state index in [4.69, 9.17) is 0 Å². The molecule has 144 valence electrons. The van der Waals surface area contributed by atoms with Crippen LogP contribution in [0.15, 0.2) is 53.9 Å². The van der Waals surface area contributed by atoms with Gasteiger partial charge in [-0.1, -0.05) is 18.2 Å². The molecule has 3 N–H and O–H groups in total. The van der Waals surface area contributed by atoms with Crippen molar-refractivity contribution < 1.29 is 18.4 Å². The number of carbonyl (C=O) groups is 2. The number of hydrogen-bond donors (Lipinski definition) is 3. The number of hydrogen-bond acceptors (Lipinski definition) is 4. The summed E-state index contributed by atoms with van der Waals surface area (Å²) in [5.41, 5.74) is 0.901. The van der Waals surface area contributed by atoms with Crippen molar-refractivity contribution in [3.05, 3.63) is 65.5 Å². The van der Waals surface area contributed by atoms with Crippen LogP contribution in [-0.2, 0) is 4.79 Å². The van der Waals surface area contributed by atoms with Crippen LogP contribution in [0.3, 0.4) is 0 Å². The van der Waals surface area contributed by atoms with E-state index in [1.165, 1.54) is 5.38 Å². The van der Waals surface area contributed by atoms with Crippen LogP contribution >= 0.6 is 11.3 Å². The highest BCUT2D eigenvalue weighted by molar-refractivity contribution is 7.14. The van der Waals surface area contributed by atoms with Crippen LogP contribution in [-0.4, -0.2) is 23.5 Å². The molecule has 0 saturated heterocycles. The van der Waals surface area contributed by atoms with E-state index in [0.29, 0.717) is 5.69 Å². The van der Waals surface area contributed by atoms with E-state index in [1.54, 1.807) is 24.3 Å². The Morgan fingerprint density at radius 1 is 1.04 bits per heavy atom.